The van der Waals surface area contributed by atoms with E-state index in [1.807, 2.05) is 0 Å². The number of hydrogen-bond acceptors (Lipinski definition) is 3. The van der Waals surface area contributed by atoms with Crippen LogP contribution in [0.3, 0.4) is 0 Å². The van der Waals surface area contributed by atoms with E-state index in [0.29, 0.717) is 11.3 Å². The van der Waals surface area contributed by atoms with Gasteiger partial charge in [0.15, 0.2) is 0 Å². The van der Waals surface area contributed by atoms with Gasteiger partial charge in [-0.25, -0.2) is 12.7 Å². The summed E-state index contributed by atoms with van der Waals surface area (Å²) in [5, 5.41) is 0. The summed E-state index contributed by atoms with van der Waals surface area (Å²) in [4.78, 5) is 14.1. The molecule has 1 heterocycles. The molecule has 0 unspecified atom stereocenters. The zero-order valence-corrected chi connectivity index (χ0v) is 11.4. The van der Waals surface area contributed by atoms with Crippen molar-refractivity contribution in [3.8, 4) is 11.3 Å². The molecule has 1 N–H and O–H groups in total. The van der Waals surface area contributed by atoms with Gasteiger partial charge in [0, 0.05) is 31.4 Å². The lowest BCUT2D eigenvalue weighted by Gasteiger charge is -2.14. The van der Waals surface area contributed by atoms with Crippen molar-refractivity contribution in [3.63, 3.8) is 0 Å². The molecule has 0 radical (unpaired) electrons. The second-order valence-electron chi connectivity index (χ2n) is 4.21. The average Bonchev–Trinajstić information content (AvgIpc) is 2.38. The smallest absolute Gasteiger partial charge is 0.248 e. The molecule has 1 aromatic carbocycles. The minimum atomic E-state index is -3.56. The molecule has 0 aliphatic rings. The molecule has 0 aliphatic heterocycles. The third-order valence-corrected chi connectivity index (χ3v) is 4.58. The number of nitrogens with one attached hydrogen (secondary N) is 1. The number of aromatic nitrogens is 1. The average molecular weight is 278 g/mol. The predicted octanol–water partition coefficient (Wildman–Crippen LogP) is 1.29. The Kier molecular flexibility index (Phi) is 3.55. The molecule has 0 fully saturated rings. The van der Waals surface area contributed by atoms with Gasteiger partial charge in [-0.1, -0.05) is 24.3 Å². The van der Waals surface area contributed by atoms with Crippen LogP contribution < -0.4 is 5.56 Å². The number of H-pyrrole nitrogens is 1. The molecule has 1 aromatic heterocycles. The van der Waals surface area contributed by atoms with Gasteiger partial charge in [0.2, 0.25) is 15.6 Å². The van der Waals surface area contributed by atoms with Crippen molar-refractivity contribution in [1.82, 2.24) is 9.29 Å². The maximum absolute atomic E-state index is 12.2. The van der Waals surface area contributed by atoms with Crippen LogP contribution in [0.1, 0.15) is 0 Å². The first-order valence-corrected chi connectivity index (χ1v) is 7.08. The van der Waals surface area contributed by atoms with Crippen molar-refractivity contribution in [2.24, 2.45) is 0 Å². The molecule has 6 heteroatoms. The maximum atomic E-state index is 12.2. The summed E-state index contributed by atoms with van der Waals surface area (Å²) >= 11 is 0. The van der Waals surface area contributed by atoms with Gasteiger partial charge >= 0.3 is 0 Å². The van der Waals surface area contributed by atoms with E-state index in [4.69, 9.17) is 0 Å². The molecule has 0 aliphatic carbocycles. The Morgan fingerprint density at radius 1 is 1.00 bits per heavy atom. The van der Waals surface area contributed by atoms with Crippen LogP contribution in [0.25, 0.3) is 11.3 Å². The minimum Gasteiger partial charge on any atom is -0.322 e. The van der Waals surface area contributed by atoms with Crippen molar-refractivity contribution < 1.29 is 8.42 Å². The number of hydrogen-bond donors (Lipinski definition) is 1. The molecule has 0 amide bonds. The maximum Gasteiger partial charge on any atom is 0.248 e. The topological polar surface area (TPSA) is 70.2 Å². The van der Waals surface area contributed by atoms with Crippen molar-refractivity contribution in [2.45, 2.75) is 4.90 Å². The molecular formula is C13H14N2O3S. The Labute approximate surface area is 111 Å². The summed E-state index contributed by atoms with van der Waals surface area (Å²) in [5.74, 6) is 0. The SMILES string of the molecule is CN(C)S(=O)(=O)c1ccccc1-c1cccc(=O)[nH]1. The molecule has 2 aromatic rings. The first-order valence-electron chi connectivity index (χ1n) is 5.64. The molecule has 0 atom stereocenters. The second-order valence-corrected chi connectivity index (χ2v) is 6.33. The molecule has 2 rings (SSSR count). The first kappa shape index (κ1) is 13.5. The summed E-state index contributed by atoms with van der Waals surface area (Å²) in [7, 11) is -0.613. The van der Waals surface area contributed by atoms with E-state index in [1.54, 1.807) is 30.3 Å². The van der Waals surface area contributed by atoms with Crippen LogP contribution >= 0.6 is 0 Å². The summed E-state index contributed by atoms with van der Waals surface area (Å²) in [5.41, 5.74) is 0.692. The lowest BCUT2D eigenvalue weighted by molar-refractivity contribution is 0.521. The highest BCUT2D eigenvalue weighted by atomic mass is 32.2. The Hall–Kier alpha value is -1.92. The number of aromatic amines is 1. The monoisotopic (exact) mass is 278 g/mol. The van der Waals surface area contributed by atoms with Crippen LogP contribution in [0.2, 0.25) is 0 Å². The molecule has 5 nitrogen and oxygen atoms in total. The van der Waals surface area contributed by atoms with E-state index < -0.39 is 10.0 Å². The van der Waals surface area contributed by atoms with Crippen LogP contribution in [0.4, 0.5) is 0 Å². The zero-order valence-electron chi connectivity index (χ0n) is 10.6. The van der Waals surface area contributed by atoms with E-state index in [-0.39, 0.29) is 10.5 Å². The van der Waals surface area contributed by atoms with Crippen LogP contribution in [0, 0.1) is 0 Å². The number of sulfonamides is 1. The first-order chi connectivity index (χ1) is 8.93. The number of pyridine rings is 1. The normalized spacial score (nSPS) is 11.7. The summed E-state index contributed by atoms with van der Waals surface area (Å²) < 4.78 is 25.6. The van der Waals surface area contributed by atoms with Gasteiger partial charge in [-0.3, -0.25) is 4.79 Å². The standard InChI is InChI=1S/C13H14N2O3S/c1-15(2)19(17,18)12-8-4-3-6-10(12)11-7-5-9-13(16)14-11/h3-9H,1-2H3,(H,14,16). The molecular weight excluding hydrogens is 264 g/mol. The number of nitrogens with zero attached hydrogens (tertiary/aromatic N) is 1. The van der Waals surface area contributed by atoms with Crippen LogP contribution in [-0.4, -0.2) is 31.8 Å². The van der Waals surface area contributed by atoms with Crippen LogP contribution in [0.5, 0.6) is 0 Å². The fourth-order valence-corrected chi connectivity index (χ4v) is 2.82. The van der Waals surface area contributed by atoms with Gasteiger partial charge < -0.3 is 4.98 Å². The highest BCUT2D eigenvalue weighted by Crippen LogP contribution is 2.26. The lowest BCUT2D eigenvalue weighted by atomic mass is 10.1. The number of rotatable bonds is 3. The molecule has 19 heavy (non-hydrogen) atoms. The third-order valence-electron chi connectivity index (χ3n) is 2.70. The third kappa shape index (κ3) is 2.59. The fraction of sp³-hybridized carbons (Fsp3) is 0.154. The second kappa shape index (κ2) is 4.99. The van der Waals surface area contributed by atoms with Gasteiger partial charge in [-0.05, 0) is 12.1 Å². The molecule has 0 saturated heterocycles. The van der Waals surface area contributed by atoms with Gasteiger partial charge in [0.05, 0.1) is 4.90 Å². The number of benzene rings is 1. The van der Waals surface area contributed by atoms with E-state index in [0.717, 1.165) is 4.31 Å². The largest absolute Gasteiger partial charge is 0.322 e. The summed E-state index contributed by atoms with van der Waals surface area (Å²) in [6.07, 6.45) is 0. The Morgan fingerprint density at radius 2 is 1.68 bits per heavy atom. The predicted molar refractivity (Wildman–Crippen MR) is 73.4 cm³/mol. The van der Waals surface area contributed by atoms with Crippen molar-refractivity contribution in [1.29, 1.82) is 0 Å². The lowest BCUT2D eigenvalue weighted by Crippen LogP contribution is -2.23. The molecule has 0 bridgehead atoms. The van der Waals surface area contributed by atoms with Crippen molar-refractivity contribution >= 4 is 10.0 Å². The molecule has 100 valence electrons. The van der Waals surface area contributed by atoms with Crippen LogP contribution in [-0.2, 0) is 10.0 Å². The molecule has 0 spiro atoms. The van der Waals surface area contributed by atoms with Gasteiger partial charge in [-0.15, -0.1) is 0 Å². The Morgan fingerprint density at radius 3 is 2.32 bits per heavy atom. The summed E-state index contributed by atoms with van der Waals surface area (Å²) in [6, 6.07) is 11.2. The Balaban J connectivity index is 2.71. The highest BCUT2D eigenvalue weighted by Gasteiger charge is 2.21. The van der Waals surface area contributed by atoms with Crippen molar-refractivity contribution in [2.75, 3.05) is 14.1 Å². The fourth-order valence-electron chi connectivity index (χ4n) is 1.72. The Bertz CT molecular complexity index is 748. The van der Waals surface area contributed by atoms with E-state index >= 15 is 0 Å². The summed E-state index contributed by atoms with van der Waals surface area (Å²) in [6.45, 7) is 0. The van der Waals surface area contributed by atoms with E-state index in [9.17, 15) is 13.2 Å². The zero-order chi connectivity index (χ0) is 14.0. The van der Waals surface area contributed by atoms with Gasteiger partial charge in [0.1, 0.15) is 0 Å². The van der Waals surface area contributed by atoms with E-state index in [1.165, 1.54) is 26.2 Å². The van der Waals surface area contributed by atoms with Crippen molar-refractivity contribution in [3.05, 3.63) is 52.8 Å². The minimum absolute atomic E-state index is 0.168. The van der Waals surface area contributed by atoms with Crippen LogP contribution in [0.15, 0.2) is 52.2 Å². The van der Waals surface area contributed by atoms with E-state index in [2.05, 4.69) is 4.98 Å². The quantitative estimate of drug-likeness (QED) is 0.919. The van der Waals surface area contributed by atoms with Gasteiger partial charge in [-0.2, -0.15) is 0 Å². The molecule has 0 saturated carbocycles. The highest BCUT2D eigenvalue weighted by molar-refractivity contribution is 7.89. The van der Waals surface area contributed by atoms with Gasteiger partial charge in [0.25, 0.3) is 0 Å².